The van der Waals surface area contributed by atoms with Crippen molar-refractivity contribution < 1.29 is 14.3 Å². The van der Waals surface area contributed by atoms with Crippen LogP contribution in [0.5, 0.6) is 5.75 Å². The van der Waals surface area contributed by atoms with Crippen LogP contribution >= 0.6 is 15.9 Å². The van der Waals surface area contributed by atoms with Crippen molar-refractivity contribution in [3.63, 3.8) is 0 Å². The molecule has 30 heavy (non-hydrogen) atoms. The first-order valence-corrected chi connectivity index (χ1v) is 10.6. The summed E-state index contributed by atoms with van der Waals surface area (Å²) in [4.78, 5) is 25.0. The third kappa shape index (κ3) is 7.63. The van der Waals surface area contributed by atoms with E-state index in [9.17, 15) is 9.59 Å². The molecule has 1 atom stereocenters. The minimum absolute atomic E-state index is 0.157. The zero-order chi connectivity index (χ0) is 22.1. The molecule has 2 amide bonds. The molecule has 0 aliphatic carbocycles. The first-order valence-electron chi connectivity index (χ1n) is 9.83. The van der Waals surface area contributed by atoms with Gasteiger partial charge in [0.05, 0.1) is 6.21 Å². The Hall–Kier alpha value is -2.67. The average molecular weight is 474 g/mol. The molecular weight excluding hydrogens is 446 g/mol. The molecule has 2 rings (SSSR count). The van der Waals surface area contributed by atoms with Gasteiger partial charge in [0.2, 0.25) is 0 Å². The summed E-state index contributed by atoms with van der Waals surface area (Å²) in [5.74, 6) is 0.195. The predicted octanol–water partition coefficient (Wildman–Crippen LogP) is 4.13. The largest absolute Gasteiger partial charge is 0.483 e. The number of carbonyl (C=O) groups excluding carboxylic acids is 2. The Balaban J connectivity index is 1.94. The Morgan fingerprint density at radius 2 is 1.73 bits per heavy atom. The lowest BCUT2D eigenvalue weighted by Crippen LogP contribution is -2.47. The summed E-state index contributed by atoms with van der Waals surface area (Å²) in [5, 5.41) is 6.76. The zero-order valence-corrected chi connectivity index (χ0v) is 19.3. The van der Waals surface area contributed by atoms with E-state index in [0.717, 1.165) is 21.2 Å². The number of nitrogens with zero attached hydrogens (tertiary/aromatic N) is 1. The summed E-state index contributed by atoms with van der Waals surface area (Å²) in [5.41, 5.74) is 5.28. The molecule has 0 aliphatic rings. The van der Waals surface area contributed by atoms with Crippen LogP contribution in [0.4, 0.5) is 0 Å². The lowest BCUT2D eigenvalue weighted by atomic mass is 10.0. The first-order chi connectivity index (χ1) is 14.3. The van der Waals surface area contributed by atoms with Crippen molar-refractivity contribution in [1.29, 1.82) is 0 Å². The van der Waals surface area contributed by atoms with Crippen LogP contribution in [0.3, 0.4) is 0 Å². The van der Waals surface area contributed by atoms with Crippen molar-refractivity contribution in [3.05, 3.63) is 63.6 Å². The number of hydrogen-bond donors (Lipinski definition) is 2. The number of aryl methyl sites for hydroxylation is 2. The molecule has 0 saturated heterocycles. The fraction of sp³-hybridized carbons (Fsp3) is 0.348. The maximum absolute atomic E-state index is 12.6. The molecule has 0 bridgehead atoms. The Labute approximate surface area is 186 Å². The maximum Gasteiger partial charge on any atom is 0.262 e. The normalized spacial score (nSPS) is 12.1. The highest BCUT2D eigenvalue weighted by Crippen LogP contribution is 2.22. The van der Waals surface area contributed by atoms with Crippen LogP contribution in [-0.4, -0.2) is 30.7 Å². The van der Waals surface area contributed by atoms with E-state index in [1.165, 1.54) is 0 Å². The Morgan fingerprint density at radius 1 is 1.10 bits per heavy atom. The second-order valence-corrected chi connectivity index (χ2v) is 8.46. The fourth-order valence-electron chi connectivity index (χ4n) is 2.90. The molecule has 0 aliphatic heterocycles. The molecular formula is C23H28BrN3O3. The smallest absolute Gasteiger partial charge is 0.262 e. The van der Waals surface area contributed by atoms with E-state index in [-0.39, 0.29) is 24.3 Å². The molecule has 2 aromatic rings. The lowest BCUT2D eigenvalue weighted by Gasteiger charge is -2.19. The van der Waals surface area contributed by atoms with Crippen molar-refractivity contribution in [3.8, 4) is 5.75 Å². The van der Waals surface area contributed by atoms with Gasteiger partial charge in [-0.15, -0.1) is 0 Å². The van der Waals surface area contributed by atoms with Gasteiger partial charge in [-0.25, -0.2) is 5.43 Å². The van der Waals surface area contributed by atoms with Crippen molar-refractivity contribution in [2.24, 2.45) is 11.0 Å². The van der Waals surface area contributed by atoms with Gasteiger partial charge in [-0.3, -0.25) is 9.59 Å². The van der Waals surface area contributed by atoms with Crippen molar-refractivity contribution in [2.75, 3.05) is 6.61 Å². The van der Waals surface area contributed by atoms with Crippen molar-refractivity contribution in [1.82, 2.24) is 10.7 Å². The molecule has 160 valence electrons. The number of halogens is 1. The number of amides is 2. The van der Waals surface area contributed by atoms with E-state index in [2.05, 4.69) is 31.8 Å². The summed E-state index contributed by atoms with van der Waals surface area (Å²) < 4.78 is 6.65. The molecule has 0 radical (unpaired) electrons. The lowest BCUT2D eigenvalue weighted by molar-refractivity contribution is -0.130. The minimum Gasteiger partial charge on any atom is -0.483 e. The number of rotatable bonds is 9. The van der Waals surface area contributed by atoms with Gasteiger partial charge >= 0.3 is 0 Å². The standard InChI is InChI=1S/C23H28BrN3O3/c1-15(2)12-20(23(29)27-25-13-18-8-10-19(24)11-9-18)26-21(28)14-30-22-16(3)6-5-7-17(22)4/h5-11,13,15,20H,12,14H2,1-4H3,(H,26,28)(H,27,29)/b25-13-/t20-/m0/s1. The summed E-state index contributed by atoms with van der Waals surface area (Å²) in [7, 11) is 0. The monoisotopic (exact) mass is 473 g/mol. The number of benzene rings is 2. The topological polar surface area (TPSA) is 79.8 Å². The summed E-state index contributed by atoms with van der Waals surface area (Å²) in [6.07, 6.45) is 2.05. The van der Waals surface area contributed by atoms with Crippen molar-refractivity contribution >= 4 is 34.0 Å². The Morgan fingerprint density at radius 3 is 2.33 bits per heavy atom. The van der Waals surface area contributed by atoms with Crippen LogP contribution < -0.4 is 15.5 Å². The average Bonchev–Trinajstić information content (AvgIpc) is 2.68. The van der Waals surface area contributed by atoms with E-state index in [1.807, 2.05) is 70.2 Å². The Kier molecular flexibility index (Phi) is 9.05. The predicted molar refractivity (Wildman–Crippen MR) is 123 cm³/mol. The second-order valence-electron chi connectivity index (χ2n) is 7.55. The number of nitrogens with one attached hydrogen (secondary N) is 2. The molecule has 0 saturated carbocycles. The number of para-hydroxylation sites is 1. The third-order valence-electron chi connectivity index (χ3n) is 4.37. The van der Waals surface area contributed by atoms with Gasteiger partial charge in [0.15, 0.2) is 6.61 Å². The highest BCUT2D eigenvalue weighted by Gasteiger charge is 2.22. The van der Waals surface area contributed by atoms with Gasteiger partial charge < -0.3 is 10.1 Å². The van der Waals surface area contributed by atoms with E-state index < -0.39 is 6.04 Å². The fourth-order valence-corrected chi connectivity index (χ4v) is 3.16. The van der Waals surface area contributed by atoms with Crippen LogP contribution in [-0.2, 0) is 9.59 Å². The number of ether oxygens (including phenoxy) is 1. The highest BCUT2D eigenvalue weighted by molar-refractivity contribution is 9.10. The molecule has 0 unspecified atom stereocenters. The Bertz CT molecular complexity index is 875. The van der Waals surface area contributed by atoms with Crippen LogP contribution in [0, 0.1) is 19.8 Å². The van der Waals surface area contributed by atoms with Crippen LogP contribution in [0.15, 0.2) is 52.0 Å². The number of carbonyl (C=O) groups is 2. The highest BCUT2D eigenvalue weighted by atomic mass is 79.9. The third-order valence-corrected chi connectivity index (χ3v) is 4.90. The van der Waals surface area contributed by atoms with Crippen LogP contribution in [0.1, 0.15) is 37.0 Å². The summed E-state index contributed by atoms with van der Waals surface area (Å²) >= 11 is 3.37. The minimum atomic E-state index is -0.693. The van der Waals surface area contributed by atoms with Crippen molar-refractivity contribution in [2.45, 2.75) is 40.2 Å². The first kappa shape index (κ1) is 23.6. The second kappa shape index (κ2) is 11.5. The molecule has 6 nitrogen and oxygen atoms in total. The van der Waals surface area contributed by atoms with E-state index in [1.54, 1.807) is 6.21 Å². The van der Waals surface area contributed by atoms with E-state index in [0.29, 0.717) is 12.2 Å². The SMILES string of the molecule is Cc1cccc(C)c1OCC(=O)N[C@@H](CC(C)C)C(=O)N/N=C\c1ccc(Br)cc1. The zero-order valence-electron chi connectivity index (χ0n) is 17.7. The number of hydrazone groups is 1. The van der Waals surface area contributed by atoms with Gasteiger partial charge in [0, 0.05) is 4.47 Å². The van der Waals surface area contributed by atoms with Gasteiger partial charge in [-0.05, 0) is 55.0 Å². The van der Waals surface area contributed by atoms with Gasteiger partial charge in [0.25, 0.3) is 11.8 Å². The summed E-state index contributed by atoms with van der Waals surface area (Å²) in [6.45, 7) is 7.68. The maximum atomic E-state index is 12.6. The quantitative estimate of drug-likeness (QED) is 0.424. The summed E-state index contributed by atoms with van der Waals surface area (Å²) in [6, 6.07) is 12.6. The molecule has 0 aromatic heterocycles. The van der Waals surface area contributed by atoms with Crippen LogP contribution in [0.25, 0.3) is 0 Å². The van der Waals surface area contributed by atoms with Gasteiger partial charge in [0.1, 0.15) is 11.8 Å². The molecule has 7 heteroatoms. The molecule has 0 spiro atoms. The molecule has 2 aromatic carbocycles. The van der Waals surface area contributed by atoms with E-state index >= 15 is 0 Å². The van der Waals surface area contributed by atoms with E-state index in [4.69, 9.17) is 4.74 Å². The number of hydrogen-bond acceptors (Lipinski definition) is 4. The molecule has 0 heterocycles. The van der Waals surface area contributed by atoms with Crippen LogP contribution in [0.2, 0.25) is 0 Å². The molecule has 0 fully saturated rings. The van der Waals surface area contributed by atoms with Gasteiger partial charge in [-0.2, -0.15) is 5.10 Å². The molecule has 2 N–H and O–H groups in total. The van der Waals surface area contributed by atoms with Gasteiger partial charge in [-0.1, -0.05) is 60.1 Å².